The summed E-state index contributed by atoms with van der Waals surface area (Å²) in [6.45, 7) is 2.12. The monoisotopic (exact) mass is 254 g/mol. The fourth-order valence-electron chi connectivity index (χ4n) is 2.21. The molecule has 5 heteroatoms. The van der Waals surface area contributed by atoms with Crippen molar-refractivity contribution in [1.82, 2.24) is 4.98 Å². The van der Waals surface area contributed by atoms with Crippen molar-refractivity contribution in [1.29, 1.82) is 0 Å². The summed E-state index contributed by atoms with van der Waals surface area (Å²) in [5.74, 6) is 0.497. The van der Waals surface area contributed by atoms with Crippen molar-refractivity contribution in [2.24, 2.45) is 0 Å². The van der Waals surface area contributed by atoms with Gasteiger partial charge < -0.3 is 5.32 Å². The van der Waals surface area contributed by atoms with Gasteiger partial charge in [-0.25, -0.2) is 13.4 Å². The lowest BCUT2D eigenvalue weighted by Crippen LogP contribution is -2.44. The number of nitrogens with zero attached hydrogens (tertiary/aromatic N) is 1. The molecule has 1 aliphatic rings. The first-order valence-electron chi connectivity index (χ1n) is 5.90. The van der Waals surface area contributed by atoms with Gasteiger partial charge in [0.15, 0.2) is 9.84 Å². The lowest BCUT2D eigenvalue weighted by atomic mass is 9.75. The fourth-order valence-corrected chi connectivity index (χ4v) is 2.99. The summed E-state index contributed by atoms with van der Waals surface area (Å²) >= 11 is 0. The van der Waals surface area contributed by atoms with E-state index in [-0.39, 0.29) is 5.54 Å². The zero-order chi connectivity index (χ0) is 12.5. The molecule has 1 N–H and O–H groups in total. The number of hydrogen-bond donors (Lipinski definition) is 1. The van der Waals surface area contributed by atoms with Crippen LogP contribution in [0.15, 0.2) is 23.2 Å². The van der Waals surface area contributed by atoms with Crippen molar-refractivity contribution < 1.29 is 8.42 Å². The molecule has 94 valence electrons. The van der Waals surface area contributed by atoms with Crippen LogP contribution >= 0.6 is 0 Å². The minimum atomic E-state index is -3.22. The van der Waals surface area contributed by atoms with Crippen LogP contribution in [0.25, 0.3) is 0 Å². The number of nitrogens with one attached hydrogen (secondary N) is 1. The van der Waals surface area contributed by atoms with Crippen LogP contribution < -0.4 is 5.32 Å². The van der Waals surface area contributed by atoms with Gasteiger partial charge in [-0.1, -0.05) is 6.92 Å². The van der Waals surface area contributed by atoms with Crippen LogP contribution in [0.4, 0.5) is 5.82 Å². The highest BCUT2D eigenvalue weighted by molar-refractivity contribution is 7.90. The van der Waals surface area contributed by atoms with Gasteiger partial charge in [-0.2, -0.15) is 0 Å². The number of sulfone groups is 1. The summed E-state index contributed by atoms with van der Waals surface area (Å²) in [6.07, 6.45) is 7.20. The third-order valence-corrected chi connectivity index (χ3v) is 4.67. The Hall–Kier alpha value is -1.10. The zero-order valence-electron chi connectivity index (χ0n) is 10.2. The van der Waals surface area contributed by atoms with E-state index in [2.05, 4.69) is 17.2 Å². The van der Waals surface area contributed by atoms with Gasteiger partial charge in [0.1, 0.15) is 10.7 Å². The maximum atomic E-state index is 11.7. The molecule has 1 aromatic heterocycles. The van der Waals surface area contributed by atoms with E-state index in [9.17, 15) is 8.42 Å². The molecule has 0 amide bonds. The molecule has 0 radical (unpaired) electrons. The topological polar surface area (TPSA) is 59.1 Å². The molecule has 1 aliphatic carbocycles. The second kappa shape index (κ2) is 4.29. The Morgan fingerprint density at radius 3 is 2.65 bits per heavy atom. The van der Waals surface area contributed by atoms with Crippen LogP contribution in [-0.4, -0.2) is 25.2 Å². The van der Waals surface area contributed by atoms with Crippen LogP contribution in [0, 0.1) is 0 Å². The summed E-state index contributed by atoms with van der Waals surface area (Å²) in [5.41, 5.74) is 0.0494. The van der Waals surface area contributed by atoms with Gasteiger partial charge in [0, 0.05) is 18.0 Å². The van der Waals surface area contributed by atoms with Crippen LogP contribution in [0.1, 0.15) is 32.6 Å². The van der Waals surface area contributed by atoms with Crippen molar-refractivity contribution in [2.75, 3.05) is 11.6 Å². The largest absolute Gasteiger partial charge is 0.364 e. The van der Waals surface area contributed by atoms with Gasteiger partial charge in [-0.3, -0.25) is 0 Å². The highest BCUT2D eigenvalue weighted by Gasteiger charge is 2.36. The average Bonchev–Trinajstić information content (AvgIpc) is 2.23. The van der Waals surface area contributed by atoms with Gasteiger partial charge in [0.05, 0.1) is 0 Å². The summed E-state index contributed by atoms with van der Waals surface area (Å²) in [4.78, 5) is 4.46. The third-order valence-electron chi connectivity index (χ3n) is 3.54. The molecule has 1 heterocycles. The Labute approximate surface area is 102 Å². The molecule has 2 rings (SSSR count). The van der Waals surface area contributed by atoms with Crippen LogP contribution in [0.2, 0.25) is 0 Å². The summed E-state index contributed by atoms with van der Waals surface area (Å²) in [6, 6.07) is 3.26. The highest BCUT2D eigenvalue weighted by atomic mass is 32.2. The fraction of sp³-hybridized carbons (Fsp3) is 0.583. The molecule has 1 saturated carbocycles. The molecule has 0 unspecified atom stereocenters. The Kier molecular flexibility index (Phi) is 3.12. The first kappa shape index (κ1) is 12.4. The van der Waals surface area contributed by atoms with E-state index in [0.717, 1.165) is 19.3 Å². The van der Waals surface area contributed by atoms with Gasteiger partial charge in [0.2, 0.25) is 0 Å². The maximum absolute atomic E-state index is 11.7. The van der Waals surface area contributed by atoms with E-state index in [1.807, 2.05) is 0 Å². The Balaban J connectivity index is 2.33. The normalized spacial score (nSPS) is 18.5. The van der Waals surface area contributed by atoms with Gasteiger partial charge in [0.25, 0.3) is 0 Å². The molecule has 0 atom stereocenters. The number of pyridine rings is 1. The molecule has 0 aliphatic heterocycles. The molecule has 4 nitrogen and oxygen atoms in total. The SMILES string of the molecule is CCC1(Nc2ncccc2S(C)(=O)=O)CCC1. The lowest BCUT2D eigenvalue weighted by molar-refractivity contribution is 0.268. The predicted molar refractivity (Wildman–Crippen MR) is 67.8 cm³/mol. The predicted octanol–water partition coefficient (Wildman–Crippen LogP) is 2.23. The van der Waals surface area contributed by atoms with Gasteiger partial charge in [-0.05, 0) is 37.8 Å². The molecule has 0 saturated heterocycles. The van der Waals surface area contributed by atoms with Crippen molar-refractivity contribution in [2.45, 2.75) is 43.0 Å². The van der Waals surface area contributed by atoms with Crippen LogP contribution in [-0.2, 0) is 9.84 Å². The molecule has 0 aromatic carbocycles. The first-order chi connectivity index (χ1) is 7.97. The first-order valence-corrected chi connectivity index (χ1v) is 7.79. The lowest BCUT2D eigenvalue weighted by Gasteiger charge is -2.42. The van der Waals surface area contributed by atoms with E-state index in [0.29, 0.717) is 10.7 Å². The Bertz CT molecular complexity index is 501. The molecule has 17 heavy (non-hydrogen) atoms. The standard InChI is InChI=1S/C12H18N2O2S/c1-3-12(7-5-8-12)14-11-10(17(2,15)16)6-4-9-13-11/h4,6,9H,3,5,7-8H2,1-2H3,(H,13,14). The van der Waals surface area contributed by atoms with Gasteiger partial charge in [-0.15, -0.1) is 0 Å². The van der Waals surface area contributed by atoms with Crippen molar-refractivity contribution in [3.8, 4) is 0 Å². The number of aromatic nitrogens is 1. The quantitative estimate of drug-likeness (QED) is 0.895. The second-order valence-electron chi connectivity index (χ2n) is 4.73. The Morgan fingerprint density at radius 2 is 2.18 bits per heavy atom. The summed E-state index contributed by atoms with van der Waals surface area (Å²) < 4.78 is 23.3. The summed E-state index contributed by atoms with van der Waals surface area (Å²) in [5, 5.41) is 3.33. The van der Waals surface area contributed by atoms with Gasteiger partial charge >= 0.3 is 0 Å². The van der Waals surface area contributed by atoms with E-state index < -0.39 is 9.84 Å². The zero-order valence-corrected chi connectivity index (χ0v) is 11.0. The van der Waals surface area contributed by atoms with Crippen LogP contribution in [0.5, 0.6) is 0 Å². The third kappa shape index (κ3) is 2.44. The van der Waals surface area contributed by atoms with Crippen LogP contribution in [0.3, 0.4) is 0 Å². The molecule has 0 spiro atoms. The summed E-state index contributed by atoms with van der Waals surface area (Å²) in [7, 11) is -3.22. The number of hydrogen-bond acceptors (Lipinski definition) is 4. The van der Waals surface area contributed by atoms with E-state index >= 15 is 0 Å². The minimum absolute atomic E-state index is 0.0494. The molecule has 0 bridgehead atoms. The van der Waals surface area contributed by atoms with E-state index in [1.165, 1.54) is 12.7 Å². The maximum Gasteiger partial charge on any atom is 0.179 e. The smallest absolute Gasteiger partial charge is 0.179 e. The molecule has 1 aromatic rings. The number of anilines is 1. The van der Waals surface area contributed by atoms with Crippen molar-refractivity contribution in [3.63, 3.8) is 0 Å². The van der Waals surface area contributed by atoms with Crippen molar-refractivity contribution in [3.05, 3.63) is 18.3 Å². The highest BCUT2D eigenvalue weighted by Crippen LogP contribution is 2.38. The second-order valence-corrected chi connectivity index (χ2v) is 6.72. The Morgan fingerprint density at radius 1 is 1.47 bits per heavy atom. The average molecular weight is 254 g/mol. The molecular formula is C12H18N2O2S. The minimum Gasteiger partial charge on any atom is -0.364 e. The molecule has 1 fully saturated rings. The molecular weight excluding hydrogens is 236 g/mol. The van der Waals surface area contributed by atoms with Crippen molar-refractivity contribution >= 4 is 15.7 Å². The van der Waals surface area contributed by atoms with E-state index in [4.69, 9.17) is 0 Å². The number of rotatable bonds is 4. The van der Waals surface area contributed by atoms with E-state index in [1.54, 1.807) is 18.3 Å².